The highest BCUT2D eigenvalue weighted by Crippen LogP contribution is 2.27. The van der Waals surface area contributed by atoms with Crippen LogP contribution >= 0.6 is 11.6 Å². The molecule has 1 fully saturated rings. The molecule has 0 spiro atoms. The molecule has 0 unspecified atom stereocenters. The SMILES string of the molecule is Cc1c(C(=O)NC2CCN(c3nc(-c4cccc(N)c4)cnc3N)CC2)c(=O)n(-c2ccccc2Cl)n1C. The number of nitrogen functional groups attached to an aromatic ring is 2. The van der Waals surface area contributed by atoms with E-state index in [1.165, 1.54) is 4.68 Å². The van der Waals surface area contributed by atoms with Crippen molar-refractivity contribution in [2.24, 2.45) is 7.05 Å². The van der Waals surface area contributed by atoms with Crippen LogP contribution < -0.4 is 27.2 Å². The summed E-state index contributed by atoms with van der Waals surface area (Å²) >= 11 is 6.32. The molecule has 3 heterocycles. The second kappa shape index (κ2) is 10.2. The molecule has 5 rings (SSSR count). The maximum atomic E-state index is 13.3. The molecule has 2 aromatic heterocycles. The van der Waals surface area contributed by atoms with Crippen molar-refractivity contribution in [3.05, 3.63) is 81.4 Å². The lowest BCUT2D eigenvalue weighted by atomic mass is 10.0. The summed E-state index contributed by atoms with van der Waals surface area (Å²) in [6.45, 7) is 3.00. The van der Waals surface area contributed by atoms with Gasteiger partial charge in [0.05, 0.1) is 28.3 Å². The van der Waals surface area contributed by atoms with Gasteiger partial charge in [0.15, 0.2) is 11.6 Å². The summed E-state index contributed by atoms with van der Waals surface area (Å²) in [5.41, 5.74) is 15.1. The number of nitrogens with zero attached hydrogens (tertiary/aromatic N) is 5. The normalized spacial score (nSPS) is 14.0. The van der Waals surface area contributed by atoms with Crippen LogP contribution in [-0.2, 0) is 7.05 Å². The molecule has 5 N–H and O–H groups in total. The predicted octanol–water partition coefficient (Wildman–Crippen LogP) is 3.16. The first-order chi connectivity index (χ1) is 18.2. The average molecular weight is 533 g/mol. The third kappa shape index (κ3) is 4.70. The third-order valence-corrected chi connectivity index (χ3v) is 7.27. The van der Waals surface area contributed by atoms with Gasteiger partial charge in [-0.15, -0.1) is 0 Å². The number of hydrogen-bond donors (Lipinski definition) is 3. The Bertz CT molecular complexity index is 1570. The van der Waals surface area contributed by atoms with E-state index < -0.39 is 11.5 Å². The number of carbonyl (C=O) groups is 1. The van der Waals surface area contributed by atoms with Crippen LogP contribution in [0.15, 0.2) is 59.5 Å². The summed E-state index contributed by atoms with van der Waals surface area (Å²) in [5.74, 6) is 0.562. The Balaban J connectivity index is 1.30. The molecule has 2 aromatic carbocycles. The summed E-state index contributed by atoms with van der Waals surface area (Å²) in [6.07, 6.45) is 2.97. The van der Waals surface area contributed by atoms with E-state index in [2.05, 4.69) is 15.2 Å². The topological polar surface area (TPSA) is 137 Å². The molecule has 1 amide bonds. The van der Waals surface area contributed by atoms with E-state index in [4.69, 9.17) is 28.1 Å². The van der Waals surface area contributed by atoms with Gasteiger partial charge in [-0.3, -0.25) is 14.3 Å². The number of para-hydroxylation sites is 1. The third-order valence-electron chi connectivity index (χ3n) is 6.95. The van der Waals surface area contributed by atoms with Crippen LogP contribution in [-0.4, -0.2) is 44.4 Å². The first-order valence-electron chi connectivity index (χ1n) is 12.3. The number of amides is 1. The number of piperidine rings is 1. The molecule has 10 nitrogen and oxygen atoms in total. The zero-order valence-corrected chi connectivity index (χ0v) is 21.9. The molecule has 196 valence electrons. The van der Waals surface area contributed by atoms with Crippen molar-refractivity contribution in [3.8, 4) is 16.9 Å². The monoisotopic (exact) mass is 532 g/mol. The summed E-state index contributed by atoms with van der Waals surface area (Å²) in [5, 5.41) is 3.47. The minimum atomic E-state index is -0.408. The highest BCUT2D eigenvalue weighted by molar-refractivity contribution is 6.32. The summed E-state index contributed by atoms with van der Waals surface area (Å²) in [7, 11) is 1.73. The Hall–Kier alpha value is -4.31. The minimum absolute atomic E-state index is 0.0993. The van der Waals surface area contributed by atoms with E-state index in [-0.39, 0.29) is 11.6 Å². The highest BCUT2D eigenvalue weighted by atomic mass is 35.5. The Morgan fingerprint density at radius 3 is 2.55 bits per heavy atom. The first-order valence-corrected chi connectivity index (χ1v) is 12.7. The van der Waals surface area contributed by atoms with Gasteiger partial charge in [-0.05, 0) is 44.0 Å². The maximum Gasteiger partial charge on any atom is 0.284 e. The fourth-order valence-electron chi connectivity index (χ4n) is 4.82. The molecule has 1 aliphatic rings. The van der Waals surface area contributed by atoms with Crippen LogP contribution in [0.1, 0.15) is 28.9 Å². The Kier molecular flexibility index (Phi) is 6.81. The zero-order valence-electron chi connectivity index (χ0n) is 21.2. The van der Waals surface area contributed by atoms with Crippen molar-refractivity contribution in [1.29, 1.82) is 0 Å². The number of anilines is 3. The molecular formula is C27H29ClN8O2. The van der Waals surface area contributed by atoms with Crippen LogP contribution in [0.3, 0.4) is 0 Å². The van der Waals surface area contributed by atoms with Gasteiger partial charge in [0.1, 0.15) is 5.56 Å². The molecule has 38 heavy (non-hydrogen) atoms. The van der Waals surface area contributed by atoms with Crippen LogP contribution in [0.25, 0.3) is 16.9 Å². The Morgan fingerprint density at radius 2 is 1.84 bits per heavy atom. The molecule has 0 saturated carbocycles. The van der Waals surface area contributed by atoms with Crippen LogP contribution in [0.4, 0.5) is 17.3 Å². The van der Waals surface area contributed by atoms with Crippen LogP contribution in [0.2, 0.25) is 5.02 Å². The molecule has 1 aliphatic heterocycles. The quantitative estimate of drug-likeness (QED) is 0.336. The van der Waals surface area contributed by atoms with Crippen molar-refractivity contribution in [3.63, 3.8) is 0 Å². The summed E-state index contributed by atoms with van der Waals surface area (Å²) in [6, 6.07) is 14.4. The van der Waals surface area contributed by atoms with Gasteiger partial charge in [-0.2, -0.15) is 0 Å². The zero-order chi connectivity index (χ0) is 27.0. The van der Waals surface area contributed by atoms with Crippen LogP contribution in [0, 0.1) is 6.92 Å². The molecule has 11 heteroatoms. The second-order valence-electron chi connectivity index (χ2n) is 9.38. The van der Waals surface area contributed by atoms with Gasteiger partial charge in [0, 0.05) is 37.4 Å². The fraction of sp³-hybridized carbons (Fsp3) is 0.259. The standard InChI is InChI=1S/C27H29ClN8O2/c1-16-23(27(38)36(34(16)2)22-9-4-3-8-20(22)28)26(37)32-19-10-12-35(13-11-19)25-24(30)31-15-21(33-25)17-6-5-7-18(29)14-17/h3-9,14-15,19H,10-13,29H2,1-2H3,(H2,30,31)(H,32,37). The highest BCUT2D eigenvalue weighted by Gasteiger charge is 2.28. The number of aromatic nitrogens is 4. The lowest BCUT2D eigenvalue weighted by Gasteiger charge is -2.33. The maximum absolute atomic E-state index is 13.3. The van der Waals surface area contributed by atoms with E-state index >= 15 is 0 Å². The van der Waals surface area contributed by atoms with E-state index in [9.17, 15) is 9.59 Å². The largest absolute Gasteiger partial charge is 0.399 e. The molecular weight excluding hydrogens is 504 g/mol. The van der Waals surface area contributed by atoms with Gasteiger partial charge in [-0.1, -0.05) is 35.9 Å². The van der Waals surface area contributed by atoms with Crippen molar-refractivity contribution in [1.82, 2.24) is 24.6 Å². The van der Waals surface area contributed by atoms with Crippen molar-refractivity contribution < 1.29 is 4.79 Å². The van der Waals surface area contributed by atoms with E-state index in [1.54, 1.807) is 49.1 Å². The molecule has 0 radical (unpaired) electrons. The number of carbonyl (C=O) groups excluding carboxylic acids is 1. The first kappa shape index (κ1) is 25.3. The van der Waals surface area contributed by atoms with E-state index in [0.717, 1.165) is 5.56 Å². The fourth-order valence-corrected chi connectivity index (χ4v) is 5.03. The van der Waals surface area contributed by atoms with Gasteiger partial charge in [-0.25, -0.2) is 14.6 Å². The van der Waals surface area contributed by atoms with Gasteiger partial charge >= 0.3 is 0 Å². The van der Waals surface area contributed by atoms with Crippen molar-refractivity contribution in [2.75, 3.05) is 29.5 Å². The smallest absolute Gasteiger partial charge is 0.284 e. The minimum Gasteiger partial charge on any atom is -0.399 e. The van der Waals surface area contributed by atoms with Gasteiger partial charge in [0.2, 0.25) is 0 Å². The molecule has 0 bridgehead atoms. The number of rotatable bonds is 5. The van der Waals surface area contributed by atoms with Gasteiger partial charge < -0.3 is 21.7 Å². The molecule has 0 atom stereocenters. The van der Waals surface area contributed by atoms with Crippen molar-refractivity contribution in [2.45, 2.75) is 25.8 Å². The van der Waals surface area contributed by atoms with Crippen molar-refractivity contribution >= 4 is 34.8 Å². The Labute approximate surface area is 224 Å². The average Bonchev–Trinajstić information content (AvgIpc) is 3.13. The predicted molar refractivity (Wildman–Crippen MR) is 150 cm³/mol. The van der Waals surface area contributed by atoms with E-state index in [1.807, 2.05) is 24.3 Å². The van der Waals surface area contributed by atoms with E-state index in [0.29, 0.717) is 65.4 Å². The second-order valence-corrected chi connectivity index (χ2v) is 9.78. The number of hydrogen-bond acceptors (Lipinski definition) is 7. The number of nitrogens with two attached hydrogens (primary N) is 2. The number of halogens is 1. The summed E-state index contributed by atoms with van der Waals surface area (Å²) < 4.78 is 3.07. The lowest BCUT2D eigenvalue weighted by Crippen LogP contribution is -2.46. The molecule has 0 aliphatic carbocycles. The Morgan fingerprint density at radius 1 is 1.11 bits per heavy atom. The lowest BCUT2D eigenvalue weighted by molar-refractivity contribution is 0.0929. The van der Waals surface area contributed by atoms with Gasteiger partial charge in [0.25, 0.3) is 11.5 Å². The molecule has 1 saturated heterocycles. The number of nitrogens with one attached hydrogen (secondary N) is 1. The summed E-state index contributed by atoms with van der Waals surface area (Å²) in [4.78, 5) is 37.7. The van der Waals surface area contributed by atoms with Crippen LogP contribution in [0.5, 0.6) is 0 Å². The molecule has 4 aromatic rings. The number of benzene rings is 2.